The summed E-state index contributed by atoms with van der Waals surface area (Å²) < 4.78 is 0. The molecule has 106 valence electrons. The van der Waals surface area contributed by atoms with E-state index in [-0.39, 0.29) is 12.0 Å². The van der Waals surface area contributed by atoms with Gasteiger partial charge in [-0.25, -0.2) is 0 Å². The molecule has 0 aliphatic carbocycles. The topological polar surface area (TPSA) is 56.3 Å². The number of aliphatic hydroxyl groups excluding tert-OH is 1. The van der Waals surface area contributed by atoms with Crippen molar-refractivity contribution in [3.8, 4) is 0 Å². The Morgan fingerprint density at radius 1 is 1.30 bits per heavy atom. The molecule has 20 heavy (non-hydrogen) atoms. The van der Waals surface area contributed by atoms with Crippen LogP contribution in [0.2, 0.25) is 0 Å². The van der Waals surface area contributed by atoms with Crippen LogP contribution in [0.3, 0.4) is 0 Å². The second kappa shape index (κ2) is 5.67. The van der Waals surface area contributed by atoms with E-state index in [4.69, 9.17) is 0 Å². The van der Waals surface area contributed by atoms with Crippen LogP contribution in [0.1, 0.15) is 24.8 Å². The van der Waals surface area contributed by atoms with E-state index in [1.807, 2.05) is 17.2 Å². The number of aliphatic hydroxyl groups is 1. The van der Waals surface area contributed by atoms with E-state index in [1.54, 1.807) is 0 Å². The Balaban J connectivity index is 1.57. The van der Waals surface area contributed by atoms with Gasteiger partial charge in [0.15, 0.2) is 0 Å². The monoisotopic (exact) mass is 272 g/mol. The average molecular weight is 272 g/mol. The fourth-order valence-corrected chi connectivity index (χ4v) is 2.78. The number of aromatic nitrogens is 1. The molecule has 1 aromatic carbocycles. The van der Waals surface area contributed by atoms with Gasteiger partial charge in [-0.2, -0.15) is 0 Å². The van der Waals surface area contributed by atoms with Crippen LogP contribution in [-0.2, 0) is 11.2 Å². The Morgan fingerprint density at radius 2 is 2.10 bits per heavy atom. The highest BCUT2D eigenvalue weighted by Gasteiger charge is 2.20. The SMILES string of the molecule is O=C(CCc1ccc2[nH]ccc2c1)N1CCC(O)CC1. The Hall–Kier alpha value is -1.81. The lowest BCUT2D eigenvalue weighted by molar-refractivity contribution is -0.133. The largest absolute Gasteiger partial charge is 0.393 e. The van der Waals surface area contributed by atoms with Gasteiger partial charge in [-0.05, 0) is 48.4 Å². The first kappa shape index (κ1) is 13.2. The third kappa shape index (κ3) is 2.85. The number of hydrogen-bond acceptors (Lipinski definition) is 2. The minimum absolute atomic E-state index is 0.200. The number of piperidine rings is 1. The first-order valence-corrected chi connectivity index (χ1v) is 7.24. The van der Waals surface area contributed by atoms with Gasteiger partial charge in [0.1, 0.15) is 0 Å². The molecule has 1 amide bonds. The van der Waals surface area contributed by atoms with Crippen LogP contribution < -0.4 is 0 Å². The predicted molar refractivity (Wildman–Crippen MR) is 78.4 cm³/mol. The van der Waals surface area contributed by atoms with Crippen molar-refractivity contribution in [1.29, 1.82) is 0 Å². The number of hydrogen-bond donors (Lipinski definition) is 2. The van der Waals surface area contributed by atoms with Gasteiger partial charge in [-0.1, -0.05) is 6.07 Å². The smallest absolute Gasteiger partial charge is 0.222 e. The third-order valence-electron chi connectivity index (χ3n) is 4.06. The van der Waals surface area contributed by atoms with Crippen molar-refractivity contribution in [2.75, 3.05) is 13.1 Å². The van der Waals surface area contributed by atoms with Crippen molar-refractivity contribution >= 4 is 16.8 Å². The van der Waals surface area contributed by atoms with Crippen molar-refractivity contribution in [2.45, 2.75) is 31.8 Å². The fourth-order valence-electron chi connectivity index (χ4n) is 2.78. The van der Waals surface area contributed by atoms with Gasteiger partial charge in [-0.15, -0.1) is 0 Å². The summed E-state index contributed by atoms with van der Waals surface area (Å²) in [5.74, 6) is 0.200. The first-order valence-electron chi connectivity index (χ1n) is 7.24. The van der Waals surface area contributed by atoms with Crippen molar-refractivity contribution in [3.05, 3.63) is 36.0 Å². The van der Waals surface area contributed by atoms with Gasteiger partial charge in [0.2, 0.25) is 5.91 Å². The normalized spacial score (nSPS) is 16.8. The fraction of sp³-hybridized carbons (Fsp3) is 0.438. The Bertz CT molecular complexity index is 597. The number of amides is 1. The number of carbonyl (C=O) groups excluding carboxylic acids is 1. The molecule has 2 heterocycles. The van der Waals surface area contributed by atoms with Crippen LogP contribution in [0.5, 0.6) is 0 Å². The minimum Gasteiger partial charge on any atom is -0.393 e. The summed E-state index contributed by atoms with van der Waals surface area (Å²) in [6, 6.07) is 8.32. The maximum absolute atomic E-state index is 12.1. The number of rotatable bonds is 3. The van der Waals surface area contributed by atoms with E-state index in [9.17, 15) is 9.90 Å². The Kier molecular flexibility index (Phi) is 3.74. The zero-order chi connectivity index (χ0) is 13.9. The highest BCUT2D eigenvalue weighted by atomic mass is 16.3. The first-order chi connectivity index (χ1) is 9.72. The van der Waals surface area contributed by atoms with E-state index < -0.39 is 0 Å². The number of H-pyrrole nitrogens is 1. The molecule has 0 radical (unpaired) electrons. The number of fused-ring (bicyclic) bond motifs is 1. The zero-order valence-electron chi connectivity index (χ0n) is 11.5. The molecular weight excluding hydrogens is 252 g/mol. The molecule has 4 nitrogen and oxygen atoms in total. The average Bonchev–Trinajstić information content (AvgIpc) is 2.93. The number of aryl methyl sites for hydroxylation is 1. The van der Waals surface area contributed by atoms with Gasteiger partial charge < -0.3 is 15.0 Å². The molecule has 2 N–H and O–H groups in total. The van der Waals surface area contributed by atoms with Crippen LogP contribution in [0.15, 0.2) is 30.5 Å². The molecule has 1 saturated heterocycles. The molecule has 0 saturated carbocycles. The van der Waals surface area contributed by atoms with Crippen molar-refractivity contribution in [3.63, 3.8) is 0 Å². The summed E-state index contributed by atoms with van der Waals surface area (Å²) in [7, 11) is 0. The van der Waals surface area contributed by atoms with Crippen LogP contribution in [0.25, 0.3) is 10.9 Å². The van der Waals surface area contributed by atoms with Gasteiger partial charge in [0, 0.05) is 31.2 Å². The molecule has 3 rings (SSSR count). The minimum atomic E-state index is -0.227. The summed E-state index contributed by atoms with van der Waals surface area (Å²) in [6.45, 7) is 1.38. The zero-order valence-corrected chi connectivity index (χ0v) is 11.5. The van der Waals surface area contributed by atoms with E-state index in [0.717, 1.165) is 11.9 Å². The second-order valence-electron chi connectivity index (χ2n) is 5.51. The second-order valence-corrected chi connectivity index (χ2v) is 5.51. The van der Waals surface area contributed by atoms with Gasteiger partial charge in [-0.3, -0.25) is 4.79 Å². The number of nitrogens with zero attached hydrogens (tertiary/aromatic N) is 1. The molecular formula is C16H20N2O2. The summed E-state index contributed by atoms with van der Waals surface area (Å²) in [4.78, 5) is 17.2. The van der Waals surface area contributed by atoms with E-state index in [0.29, 0.717) is 32.4 Å². The van der Waals surface area contributed by atoms with E-state index in [1.165, 1.54) is 10.9 Å². The molecule has 0 bridgehead atoms. The molecule has 1 aliphatic rings. The lowest BCUT2D eigenvalue weighted by Gasteiger charge is -2.29. The molecule has 1 aliphatic heterocycles. The molecule has 4 heteroatoms. The quantitative estimate of drug-likeness (QED) is 0.899. The third-order valence-corrected chi connectivity index (χ3v) is 4.06. The lowest BCUT2D eigenvalue weighted by atomic mass is 10.0. The molecule has 2 aromatic rings. The lowest BCUT2D eigenvalue weighted by Crippen LogP contribution is -2.40. The number of carbonyl (C=O) groups is 1. The van der Waals surface area contributed by atoms with Crippen LogP contribution in [0.4, 0.5) is 0 Å². The maximum atomic E-state index is 12.1. The van der Waals surface area contributed by atoms with Crippen molar-refractivity contribution in [2.24, 2.45) is 0 Å². The molecule has 0 spiro atoms. The number of benzene rings is 1. The van der Waals surface area contributed by atoms with Crippen LogP contribution in [-0.4, -0.2) is 40.1 Å². The molecule has 1 fully saturated rings. The Labute approximate surface area is 118 Å². The Morgan fingerprint density at radius 3 is 2.90 bits per heavy atom. The highest BCUT2D eigenvalue weighted by molar-refractivity contribution is 5.80. The maximum Gasteiger partial charge on any atom is 0.222 e. The van der Waals surface area contributed by atoms with Gasteiger partial charge in [0.05, 0.1) is 6.10 Å². The molecule has 0 unspecified atom stereocenters. The summed E-state index contributed by atoms with van der Waals surface area (Å²) in [6.07, 6.45) is 4.45. The van der Waals surface area contributed by atoms with Crippen molar-refractivity contribution < 1.29 is 9.90 Å². The van der Waals surface area contributed by atoms with E-state index >= 15 is 0 Å². The highest BCUT2D eigenvalue weighted by Crippen LogP contribution is 2.17. The predicted octanol–water partition coefficient (Wildman–Crippen LogP) is 2.08. The van der Waals surface area contributed by atoms with Crippen LogP contribution >= 0.6 is 0 Å². The number of likely N-dealkylation sites (tertiary alicyclic amines) is 1. The molecule has 1 aromatic heterocycles. The number of nitrogens with one attached hydrogen (secondary N) is 1. The summed E-state index contributed by atoms with van der Waals surface area (Å²) >= 11 is 0. The van der Waals surface area contributed by atoms with Crippen molar-refractivity contribution in [1.82, 2.24) is 9.88 Å². The van der Waals surface area contributed by atoms with Crippen LogP contribution in [0, 0.1) is 0 Å². The number of aromatic amines is 1. The van der Waals surface area contributed by atoms with Gasteiger partial charge >= 0.3 is 0 Å². The summed E-state index contributed by atoms with van der Waals surface area (Å²) in [5.41, 5.74) is 2.33. The summed E-state index contributed by atoms with van der Waals surface area (Å²) in [5, 5.41) is 10.6. The standard InChI is InChI=1S/C16H20N2O2/c19-14-6-9-18(10-7-14)16(20)4-2-12-1-3-15-13(11-12)5-8-17-15/h1,3,5,8,11,14,17,19H,2,4,6-7,9-10H2. The molecule has 0 atom stereocenters. The van der Waals surface area contributed by atoms with Gasteiger partial charge in [0.25, 0.3) is 0 Å². The van der Waals surface area contributed by atoms with E-state index in [2.05, 4.69) is 23.2 Å².